The van der Waals surface area contributed by atoms with Gasteiger partial charge in [0.15, 0.2) is 5.82 Å². The molecule has 0 unspecified atom stereocenters. The highest BCUT2D eigenvalue weighted by atomic mass is 35.5. The Bertz CT molecular complexity index is 1440. The smallest absolute Gasteiger partial charge is 0.335 e. The van der Waals surface area contributed by atoms with E-state index in [-0.39, 0.29) is 28.6 Å². The second-order valence-electron chi connectivity index (χ2n) is 8.21. The summed E-state index contributed by atoms with van der Waals surface area (Å²) >= 11 is 7.45. The number of aromatic carboxylic acids is 1. The highest BCUT2D eigenvalue weighted by molar-refractivity contribution is 7.99. The molecular weight excluding hydrogens is 475 g/mol. The van der Waals surface area contributed by atoms with Crippen LogP contribution in [0.4, 0.5) is 4.39 Å². The highest BCUT2D eigenvalue weighted by Gasteiger charge is 2.26. The minimum Gasteiger partial charge on any atom is -0.478 e. The van der Waals surface area contributed by atoms with E-state index in [2.05, 4.69) is 0 Å². The molecule has 1 amide bonds. The van der Waals surface area contributed by atoms with Crippen LogP contribution in [0.2, 0.25) is 5.02 Å². The molecule has 1 aromatic heterocycles. The van der Waals surface area contributed by atoms with Gasteiger partial charge in [-0.2, -0.15) is 0 Å². The molecule has 172 valence electrons. The molecule has 3 aromatic carbocycles. The van der Waals surface area contributed by atoms with Crippen molar-refractivity contribution in [2.75, 3.05) is 0 Å². The fourth-order valence-corrected chi connectivity index (χ4v) is 5.61. The Kier molecular flexibility index (Phi) is 5.83. The first kappa shape index (κ1) is 22.5. The largest absolute Gasteiger partial charge is 0.478 e. The van der Waals surface area contributed by atoms with E-state index in [4.69, 9.17) is 11.6 Å². The average molecular weight is 495 g/mol. The lowest BCUT2D eigenvalue weighted by atomic mass is 10.1. The molecule has 34 heavy (non-hydrogen) atoms. The van der Waals surface area contributed by atoms with Crippen molar-refractivity contribution in [1.82, 2.24) is 9.47 Å². The molecule has 5 rings (SSSR count). The first-order valence-electron chi connectivity index (χ1n) is 10.7. The van der Waals surface area contributed by atoms with Gasteiger partial charge in [0.1, 0.15) is 6.54 Å². The maximum atomic E-state index is 15.2. The fourth-order valence-electron chi connectivity index (χ4n) is 4.35. The number of benzene rings is 3. The number of rotatable bonds is 5. The zero-order valence-corrected chi connectivity index (χ0v) is 19.8. The Morgan fingerprint density at radius 2 is 1.76 bits per heavy atom. The lowest BCUT2D eigenvalue weighted by molar-refractivity contribution is -0.132. The van der Waals surface area contributed by atoms with Crippen molar-refractivity contribution >= 4 is 46.1 Å². The number of carboxylic acids is 1. The maximum absolute atomic E-state index is 15.2. The predicted octanol–water partition coefficient (Wildman–Crippen LogP) is 6.13. The van der Waals surface area contributed by atoms with E-state index in [1.165, 1.54) is 23.9 Å². The van der Waals surface area contributed by atoms with Crippen molar-refractivity contribution in [3.63, 3.8) is 0 Å². The van der Waals surface area contributed by atoms with Gasteiger partial charge in [-0.15, -0.1) is 0 Å². The number of fused-ring (bicyclic) bond motifs is 2. The van der Waals surface area contributed by atoms with Gasteiger partial charge < -0.3 is 14.6 Å². The molecule has 0 atom stereocenters. The van der Waals surface area contributed by atoms with E-state index >= 15 is 4.39 Å². The Labute approximate surface area is 204 Å². The van der Waals surface area contributed by atoms with Crippen molar-refractivity contribution in [2.45, 2.75) is 36.3 Å². The molecule has 0 saturated heterocycles. The first-order valence-corrected chi connectivity index (χ1v) is 11.9. The van der Waals surface area contributed by atoms with Gasteiger partial charge in [-0.05, 0) is 48.4 Å². The van der Waals surface area contributed by atoms with Crippen LogP contribution < -0.4 is 0 Å². The monoisotopic (exact) mass is 494 g/mol. The van der Waals surface area contributed by atoms with Crippen LogP contribution in [0.1, 0.15) is 27.2 Å². The minimum absolute atomic E-state index is 0.0169. The maximum Gasteiger partial charge on any atom is 0.335 e. The minimum atomic E-state index is -1.02. The molecule has 2 heterocycles. The van der Waals surface area contributed by atoms with Crippen molar-refractivity contribution in [2.24, 2.45) is 0 Å². The van der Waals surface area contributed by atoms with Crippen molar-refractivity contribution in [1.29, 1.82) is 0 Å². The van der Waals surface area contributed by atoms with E-state index < -0.39 is 11.8 Å². The summed E-state index contributed by atoms with van der Waals surface area (Å²) in [4.78, 5) is 27.8. The van der Waals surface area contributed by atoms with E-state index in [9.17, 15) is 14.7 Å². The molecule has 1 aliphatic rings. The molecule has 0 saturated carbocycles. The third-order valence-electron chi connectivity index (χ3n) is 6.10. The third kappa shape index (κ3) is 3.95. The van der Waals surface area contributed by atoms with Crippen LogP contribution in [0.3, 0.4) is 0 Å². The molecular formula is C26H20ClFN2O3S. The van der Waals surface area contributed by atoms with Gasteiger partial charge in [-0.3, -0.25) is 4.79 Å². The number of hydrogen-bond acceptors (Lipinski definition) is 3. The van der Waals surface area contributed by atoms with Crippen LogP contribution in [0.15, 0.2) is 70.5 Å². The molecule has 4 aromatic rings. The number of hydrogen-bond donors (Lipinski definition) is 1. The Hall–Kier alpha value is -3.29. The highest BCUT2D eigenvalue weighted by Crippen LogP contribution is 2.41. The fraction of sp³-hybridized carbons (Fsp3) is 0.154. The van der Waals surface area contributed by atoms with Crippen LogP contribution in [-0.2, 0) is 24.4 Å². The standard InChI is InChI=1S/C26H20ClFN2O3S/c1-15-25(34-19-8-4-7-16(11-19)26(32)33)20-9-10-21(27)23(28)24(20)30(15)14-22(31)29-12-17-5-2-3-6-18(17)13-29/h2-11H,12-14H2,1H3,(H,32,33). The summed E-state index contributed by atoms with van der Waals surface area (Å²) in [5, 5.41) is 9.93. The SMILES string of the molecule is Cc1c(Sc2cccc(C(=O)O)c2)c2ccc(Cl)c(F)c2n1CC(=O)N1Cc2ccccc2C1. The number of amides is 1. The quantitative estimate of drug-likeness (QED) is 0.362. The first-order chi connectivity index (χ1) is 16.3. The van der Waals surface area contributed by atoms with Crippen molar-refractivity contribution in [3.8, 4) is 0 Å². The van der Waals surface area contributed by atoms with Crippen LogP contribution in [0.5, 0.6) is 0 Å². The molecule has 0 bridgehead atoms. The summed E-state index contributed by atoms with van der Waals surface area (Å²) in [7, 11) is 0. The van der Waals surface area contributed by atoms with Gasteiger partial charge in [0, 0.05) is 34.0 Å². The predicted molar refractivity (Wildman–Crippen MR) is 130 cm³/mol. The lowest BCUT2D eigenvalue weighted by Crippen LogP contribution is -2.29. The van der Waals surface area contributed by atoms with E-state index in [1.54, 1.807) is 33.7 Å². The van der Waals surface area contributed by atoms with Gasteiger partial charge in [-0.25, -0.2) is 9.18 Å². The van der Waals surface area contributed by atoms with E-state index in [0.29, 0.717) is 29.1 Å². The van der Waals surface area contributed by atoms with E-state index in [1.807, 2.05) is 31.2 Å². The summed E-state index contributed by atoms with van der Waals surface area (Å²) in [6.45, 7) is 2.87. The average Bonchev–Trinajstić information content (AvgIpc) is 3.37. The van der Waals surface area contributed by atoms with Gasteiger partial charge in [0.05, 0.1) is 16.1 Å². The van der Waals surface area contributed by atoms with Gasteiger partial charge in [0.2, 0.25) is 5.91 Å². The number of carboxylic acid groups (broad SMARTS) is 1. The number of halogens is 2. The lowest BCUT2D eigenvalue weighted by Gasteiger charge is -2.17. The van der Waals surface area contributed by atoms with Crippen LogP contribution in [0.25, 0.3) is 10.9 Å². The Morgan fingerprint density at radius 1 is 1.06 bits per heavy atom. The number of nitrogens with zero attached hydrogens (tertiary/aromatic N) is 2. The van der Waals surface area contributed by atoms with Crippen molar-refractivity contribution < 1.29 is 19.1 Å². The summed E-state index contributed by atoms with van der Waals surface area (Å²) in [5.41, 5.74) is 3.39. The zero-order valence-electron chi connectivity index (χ0n) is 18.2. The molecule has 0 spiro atoms. The summed E-state index contributed by atoms with van der Waals surface area (Å²) in [5.74, 6) is -1.71. The molecule has 0 fully saturated rings. The molecule has 5 nitrogen and oxygen atoms in total. The summed E-state index contributed by atoms with van der Waals surface area (Å²) in [6, 6.07) is 17.8. The topological polar surface area (TPSA) is 62.5 Å². The normalized spacial score (nSPS) is 12.9. The Balaban J connectivity index is 1.53. The van der Waals surface area contributed by atoms with Crippen molar-refractivity contribution in [3.05, 3.63) is 93.9 Å². The molecule has 0 aliphatic carbocycles. The Morgan fingerprint density at radius 3 is 2.44 bits per heavy atom. The van der Waals surface area contributed by atoms with Gasteiger partial charge >= 0.3 is 5.97 Å². The van der Waals surface area contributed by atoms with Gasteiger partial charge in [-0.1, -0.05) is 53.7 Å². The van der Waals surface area contributed by atoms with Crippen LogP contribution >= 0.6 is 23.4 Å². The second-order valence-corrected chi connectivity index (χ2v) is 9.70. The number of carbonyl (C=O) groups is 2. The zero-order chi connectivity index (χ0) is 24.0. The van der Waals surface area contributed by atoms with Crippen LogP contribution in [0, 0.1) is 12.7 Å². The summed E-state index contributed by atoms with van der Waals surface area (Å²) in [6.07, 6.45) is 0. The molecule has 0 radical (unpaired) electrons. The van der Waals surface area contributed by atoms with E-state index in [0.717, 1.165) is 16.0 Å². The number of carbonyl (C=O) groups excluding carboxylic acids is 1. The van der Waals surface area contributed by atoms with Crippen LogP contribution in [-0.4, -0.2) is 26.5 Å². The summed E-state index contributed by atoms with van der Waals surface area (Å²) < 4.78 is 16.9. The molecule has 1 N–H and O–H groups in total. The third-order valence-corrected chi connectivity index (χ3v) is 7.61. The molecule has 8 heteroatoms. The molecule has 1 aliphatic heterocycles. The second kappa shape index (κ2) is 8.81. The number of aromatic nitrogens is 1. The van der Waals surface area contributed by atoms with Gasteiger partial charge in [0.25, 0.3) is 0 Å².